The molecule has 0 aliphatic heterocycles. The molecule has 0 fully saturated rings. The second-order valence-electron chi connectivity index (χ2n) is 7.27. The summed E-state index contributed by atoms with van der Waals surface area (Å²) in [6, 6.07) is 9.97. The number of rotatable bonds is 8. The van der Waals surface area contributed by atoms with Crippen LogP contribution in [-0.4, -0.2) is 20.7 Å². The zero-order valence-electron chi connectivity index (χ0n) is 14.2. The summed E-state index contributed by atoms with van der Waals surface area (Å²) in [7, 11) is -1.63. The van der Waals surface area contributed by atoms with E-state index >= 15 is 0 Å². The molecular weight excluding hydrogens is 276 g/mol. The molecule has 0 aliphatic carbocycles. The summed E-state index contributed by atoms with van der Waals surface area (Å²) in [5, 5.41) is 0.260. The number of Topliss-reactive ketones (excluding diaryl/α,β-unsaturated/α-hetero) is 1. The van der Waals surface area contributed by atoms with E-state index in [0.29, 0.717) is 18.6 Å². The Labute approximate surface area is 131 Å². The summed E-state index contributed by atoms with van der Waals surface area (Å²) in [6.45, 7) is 12.1. The molecule has 0 spiro atoms. The summed E-state index contributed by atoms with van der Waals surface area (Å²) in [6.07, 6.45) is 3.13. The molecule has 0 aromatic heterocycles. The zero-order chi connectivity index (χ0) is 15.9. The third-order valence-corrected chi connectivity index (χ3v) is 8.90. The van der Waals surface area contributed by atoms with Gasteiger partial charge in [0.05, 0.1) is 0 Å². The highest BCUT2D eigenvalue weighted by Crippen LogP contribution is 2.36. The van der Waals surface area contributed by atoms with Gasteiger partial charge in [0.15, 0.2) is 8.32 Å². The van der Waals surface area contributed by atoms with Gasteiger partial charge in [0.2, 0.25) is 0 Å². The van der Waals surface area contributed by atoms with Crippen LogP contribution in [0.2, 0.25) is 18.1 Å². The number of hydrogen-bond donors (Lipinski definition) is 0. The van der Waals surface area contributed by atoms with E-state index in [1.807, 2.05) is 30.3 Å². The smallest absolute Gasteiger partial charge is 0.191 e. The molecule has 0 bridgehead atoms. The Morgan fingerprint density at radius 1 is 1.10 bits per heavy atom. The monoisotopic (exact) mass is 306 g/mol. The highest BCUT2D eigenvalue weighted by molar-refractivity contribution is 6.74. The van der Waals surface area contributed by atoms with Crippen LogP contribution in [0.15, 0.2) is 30.3 Å². The predicted molar refractivity (Wildman–Crippen MR) is 92.2 cm³/mol. The van der Waals surface area contributed by atoms with Gasteiger partial charge in [0.1, 0.15) is 5.78 Å². The lowest BCUT2D eigenvalue weighted by molar-refractivity contribution is -0.118. The van der Waals surface area contributed by atoms with Crippen molar-refractivity contribution in [1.29, 1.82) is 0 Å². The summed E-state index contributed by atoms with van der Waals surface area (Å²) in [4.78, 5) is 11.9. The van der Waals surface area contributed by atoms with Gasteiger partial charge >= 0.3 is 0 Å². The maximum absolute atomic E-state index is 11.9. The van der Waals surface area contributed by atoms with E-state index in [-0.39, 0.29) is 5.04 Å². The molecule has 0 amide bonds. The first-order valence-corrected chi connectivity index (χ1v) is 10.8. The molecule has 1 rings (SSSR count). The molecule has 2 nitrogen and oxygen atoms in total. The van der Waals surface area contributed by atoms with Gasteiger partial charge in [-0.05, 0) is 36.5 Å². The molecule has 0 aliphatic rings. The van der Waals surface area contributed by atoms with Crippen molar-refractivity contribution in [3.63, 3.8) is 0 Å². The molecule has 3 heteroatoms. The van der Waals surface area contributed by atoms with Crippen molar-refractivity contribution in [3.8, 4) is 0 Å². The van der Waals surface area contributed by atoms with Crippen molar-refractivity contribution >= 4 is 14.1 Å². The number of hydrogen-bond acceptors (Lipinski definition) is 2. The lowest BCUT2D eigenvalue weighted by Crippen LogP contribution is -2.40. The third-order valence-electron chi connectivity index (χ3n) is 4.36. The van der Waals surface area contributed by atoms with Crippen molar-refractivity contribution in [1.82, 2.24) is 0 Å². The average Bonchev–Trinajstić information content (AvgIpc) is 2.38. The fourth-order valence-corrected chi connectivity index (χ4v) is 2.97. The number of carbonyl (C=O) groups excluding carboxylic acids is 1. The van der Waals surface area contributed by atoms with Gasteiger partial charge in [-0.1, -0.05) is 51.1 Å². The molecule has 0 saturated heterocycles. The third kappa shape index (κ3) is 6.57. The minimum Gasteiger partial charge on any atom is -0.417 e. The van der Waals surface area contributed by atoms with Crippen LogP contribution in [-0.2, 0) is 15.6 Å². The molecule has 1 aromatic carbocycles. The summed E-state index contributed by atoms with van der Waals surface area (Å²) < 4.78 is 6.12. The summed E-state index contributed by atoms with van der Waals surface area (Å²) >= 11 is 0. The molecule has 0 atom stereocenters. The van der Waals surface area contributed by atoms with E-state index in [4.69, 9.17) is 4.43 Å². The summed E-state index contributed by atoms with van der Waals surface area (Å²) in [5.41, 5.74) is 1.11. The van der Waals surface area contributed by atoms with Crippen molar-refractivity contribution in [3.05, 3.63) is 35.9 Å². The van der Waals surface area contributed by atoms with Gasteiger partial charge in [-0.2, -0.15) is 0 Å². The van der Waals surface area contributed by atoms with E-state index in [9.17, 15) is 4.79 Å². The largest absolute Gasteiger partial charge is 0.417 e. The van der Waals surface area contributed by atoms with Crippen LogP contribution in [0.4, 0.5) is 0 Å². The Balaban J connectivity index is 2.19. The number of unbranched alkanes of at least 4 members (excludes halogenated alkanes) is 1. The van der Waals surface area contributed by atoms with Gasteiger partial charge in [-0.3, -0.25) is 4.79 Å². The van der Waals surface area contributed by atoms with Crippen molar-refractivity contribution in [2.24, 2.45) is 0 Å². The van der Waals surface area contributed by atoms with Crippen LogP contribution in [0, 0.1) is 0 Å². The number of ketones is 1. The lowest BCUT2D eigenvalue weighted by Gasteiger charge is -2.36. The first-order chi connectivity index (χ1) is 9.72. The Bertz CT molecular complexity index is 432. The molecular formula is C18H30O2Si. The molecule has 0 saturated carbocycles. The second kappa shape index (κ2) is 7.90. The SMILES string of the molecule is CC(C)(C)[Si](C)(C)OCCCCC(=O)Cc1ccccc1. The van der Waals surface area contributed by atoms with Gasteiger partial charge < -0.3 is 4.43 Å². The van der Waals surface area contributed by atoms with Gasteiger partial charge in [-0.25, -0.2) is 0 Å². The molecule has 0 unspecified atom stereocenters. The van der Waals surface area contributed by atoms with Crippen molar-refractivity contribution < 1.29 is 9.22 Å². The Morgan fingerprint density at radius 3 is 2.29 bits per heavy atom. The van der Waals surface area contributed by atoms with Crippen LogP contribution < -0.4 is 0 Å². The Morgan fingerprint density at radius 2 is 1.71 bits per heavy atom. The molecule has 1 aromatic rings. The highest BCUT2D eigenvalue weighted by atomic mass is 28.4. The quantitative estimate of drug-likeness (QED) is 0.499. The minimum absolute atomic E-state index is 0.260. The highest BCUT2D eigenvalue weighted by Gasteiger charge is 2.36. The second-order valence-corrected chi connectivity index (χ2v) is 12.1. The molecule has 0 radical (unpaired) electrons. The van der Waals surface area contributed by atoms with E-state index in [2.05, 4.69) is 33.9 Å². The lowest BCUT2D eigenvalue weighted by atomic mass is 10.1. The van der Waals surface area contributed by atoms with Crippen LogP contribution in [0.5, 0.6) is 0 Å². The topological polar surface area (TPSA) is 26.3 Å². The van der Waals surface area contributed by atoms with E-state index < -0.39 is 8.32 Å². The maximum Gasteiger partial charge on any atom is 0.191 e. The fraction of sp³-hybridized carbons (Fsp3) is 0.611. The molecule has 21 heavy (non-hydrogen) atoms. The van der Waals surface area contributed by atoms with Crippen LogP contribution in [0.25, 0.3) is 0 Å². The predicted octanol–water partition coefficient (Wildman–Crippen LogP) is 4.99. The van der Waals surface area contributed by atoms with E-state index in [1.54, 1.807) is 0 Å². The fourth-order valence-electron chi connectivity index (χ4n) is 1.88. The van der Waals surface area contributed by atoms with E-state index in [0.717, 1.165) is 25.0 Å². The summed E-state index contributed by atoms with van der Waals surface area (Å²) in [5.74, 6) is 0.327. The van der Waals surface area contributed by atoms with Crippen molar-refractivity contribution in [2.45, 2.75) is 64.6 Å². The zero-order valence-corrected chi connectivity index (χ0v) is 15.2. The molecule has 0 heterocycles. The van der Waals surface area contributed by atoms with E-state index in [1.165, 1.54) is 0 Å². The minimum atomic E-state index is -1.63. The average molecular weight is 307 g/mol. The Kier molecular flexibility index (Phi) is 6.82. The van der Waals surface area contributed by atoms with Crippen LogP contribution in [0.3, 0.4) is 0 Å². The van der Waals surface area contributed by atoms with Crippen molar-refractivity contribution in [2.75, 3.05) is 6.61 Å². The van der Waals surface area contributed by atoms with Crippen LogP contribution >= 0.6 is 0 Å². The van der Waals surface area contributed by atoms with Crippen LogP contribution in [0.1, 0.15) is 45.6 Å². The van der Waals surface area contributed by atoms with Gasteiger partial charge in [0, 0.05) is 19.4 Å². The number of carbonyl (C=O) groups is 1. The first kappa shape index (κ1) is 18.1. The Hall–Kier alpha value is -0.933. The van der Waals surface area contributed by atoms with Gasteiger partial charge in [-0.15, -0.1) is 0 Å². The normalized spacial score (nSPS) is 12.4. The first-order valence-electron chi connectivity index (χ1n) is 7.92. The number of benzene rings is 1. The molecule has 118 valence electrons. The van der Waals surface area contributed by atoms with Gasteiger partial charge in [0.25, 0.3) is 0 Å². The standard InChI is InChI=1S/C18H30O2Si/c1-18(2,3)21(4,5)20-14-10-9-13-17(19)15-16-11-7-6-8-12-16/h6-8,11-12H,9-10,13-15H2,1-5H3. The molecule has 0 N–H and O–H groups in total. The maximum atomic E-state index is 11.9.